The van der Waals surface area contributed by atoms with Gasteiger partial charge in [-0.15, -0.1) is 16.4 Å². The molecule has 2 aromatic heterocycles. The Hall–Kier alpha value is -2.91. The number of hydrogen-bond acceptors (Lipinski definition) is 7. The van der Waals surface area contributed by atoms with E-state index in [1.54, 1.807) is 19.2 Å². The summed E-state index contributed by atoms with van der Waals surface area (Å²) in [7, 11) is 1.57. The topological polar surface area (TPSA) is 98.5 Å². The van der Waals surface area contributed by atoms with Gasteiger partial charge in [0.15, 0.2) is 17.2 Å². The van der Waals surface area contributed by atoms with Crippen molar-refractivity contribution in [2.24, 2.45) is 0 Å². The molecule has 1 atom stereocenters. The molecule has 0 aliphatic carbocycles. The Balaban J connectivity index is 1.45. The maximum atomic E-state index is 12.1. The molecule has 8 nitrogen and oxygen atoms in total. The third-order valence-electron chi connectivity index (χ3n) is 3.72. The summed E-state index contributed by atoms with van der Waals surface area (Å²) in [6.07, 6.45) is 0.824. The van der Waals surface area contributed by atoms with Crippen molar-refractivity contribution in [1.29, 1.82) is 0 Å². The first-order valence-corrected chi connectivity index (χ1v) is 9.21. The van der Waals surface area contributed by atoms with Crippen LogP contribution in [-0.4, -0.2) is 46.3 Å². The molecule has 0 saturated heterocycles. The molecule has 0 aliphatic heterocycles. The SMILES string of the molecule is COc1ccccc1OCCNC(=O)c1cn(C[C@H](O)c2cccs2)nn1. The van der Waals surface area contributed by atoms with Crippen molar-refractivity contribution >= 4 is 17.2 Å². The molecule has 142 valence electrons. The lowest BCUT2D eigenvalue weighted by Crippen LogP contribution is -2.28. The van der Waals surface area contributed by atoms with Gasteiger partial charge in [-0.3, -0.25) is 4.79 Å². The van der Waals surface area contributed by atoms with Crippen LogP contribution in [0.4, 0.5) is 0 Å². The largest absolute Gasteiger partial charge is 0.493 e. The molecule has 9 heteroatoms. The highest BCUT2D eigenvalue weighted by atomic mass is 32.1. The Labute approximate surface area is 160 Å². The molecular formula is C18H20N4O4S. The summed E-state index contributed by atoms with van der Waals surface area (Å²) >= 11 is 1.46. The summed E-state index contributed by atoms with van der Waals surface area (Å²) in [4.78, 5) is 13.0. The third-order valence-corrected chi connectivity index (χ3v) is 4.69. The molecule has 0 bridgehead atoms. The molecule has 1 aromatic carbocycles. The van der Waals surface area contributed by atoms with E-state index in [9.17, 15) is 9.90 Å². The van der Waals surface area contributed by atoms with Crippen LogP contribution in [0.15, 0.2) is 48.0 Å². The van der Waals surface area contributed by atoms with E-state index in [-0.39, 0.29) is 24.8 Å². The predicted octanol–water partition coefficient (Wildman–Crippen LogP) is 1.89. The minimum absolute atomic E-state index is 0.186. The van der Waals surface area contributed by atoms with Gasteiger partial charge in [-0.25, -0.2) is 4.68 Å². The minimum atomic E-state index is -0.683. The summed E-state index contributed by atoms with van der Waals surface area (Å²) in [6.45, 7) is 0.830. The second-order valence-corrected chi connectivity index (χ2v) is 6.59. The molecule has 27 heavy (non-hydrogen) atoms. The number of amides is 1. The highest BCUT2D eigenvalue weighted by molar-refractivity contribution is 7.10. The van der Waals surface area contributed by atoms with Gasteiger partial charge in [-0.05, 0) is 23.6 Å². The van der Waals surface area contributed by atoms with E-state index < -0.39 is 6.10 Å². The summed E-state index contributed by atoms with van der Waals surface area (Å²) in [5, 5.41) is 22.5. The molecule has 0 fully saturated rings. The van der Waals surface area contributed by atoms with Crippen molar-refractivity contribution in [1.82, 2.24) is 20.3 Å². The average Bonchev–Trinajstić information content (AvgIpc) is 3.37. The van der Waals surface area contributed by atoms with E-state index in [0.717, 1.165) is 4.88 Å². The lowest BCUT2D eigenvalue weighted by molar-refractivity contribution is 0.0941. The molecule has 0 spiro atoms. The van der Waals surface area contributed by atoms with Crippen LogP contribution in [0.25, 0.3) is 0 Å². The van der Waals surface area contributed by atoms with Crippen molar-refractivity contribution in [3.8, 4) is 11.5 Å². The van der Waals surface area contributed by atoms with Gasteiger partial charge in [-0.1, -0.05) is 23.4 Å². The summed E-state index contributed by atoms with van der Waals surface area (Å²) in [6, 6.07) is 11.0. The molecule has 0 aliphatic rings. The molecule has 1 amide bonds. The Bertz CT molecular complexity index is 866. The maximum absolute atomic E-state index is 12.1. The number of ether oxygens (including phenoxy) is 2. The van der Waals surface area contributed by atoms with Crippen molar-refractivity contribution < 1.29 is 19.4 Å². The normalized spacial score (nSPS) is 11.8. The van der Waals surface area contributed by atoms with Gasteiger partial charge >= 0.3 is 0 Å². The number of benzene rings is 1. The van der Waals surface area contributed by atoms with E-state index >= 15 is 0 Å². The zero-order valence-corrected chi connectivity index (χ0v) is 15.6. The molecule has 2 heterocycles. The molecule has 0 unspecified atom stereocenters. The van der Waals surface area contributed by atoms with Gasteiger partial charge in [0.05, 0.1) is 26.4 Å². The number of aliphatic hydroxyl groups is 1. The second kappa shape index (κ2) is 9.15. The van der Waals surface area contributed by atoms with Crippen LogP contribution in [-0.2, 0) is 6.54 Å². The minimum Gasteiger partial charge on any atom is -0.493 e. The Morgan fingerprint density at radius 3 is 2.85 bits per heavy atom. The fourth-order valence-corrected chi connectivity index (χ4v) is 3.10. The highest BCUT2D eigenvalue weighted by Crippen LogP contribution is 2.25. The molecule has 0 saturated carbocycles. The lowest BCUT2D eigenvalue weighted by Gasteiger charge is -2.10. The Kier molecular flexibility index (Phi) is 6.39. The van der Waals surface area contributed by atoms with Crippen LogP contribution < -0.4 is 14.8 Å². The Morgan fingerprint density at radius 1 is 1.30 bits per heavy atom. The number of carbonyl (C=O) groups excluding carboxylic acids is 1. The number of para-hydroxylation sites is 2. The number of thiophene rings is 1. The van der Waals surface area contributed by atoms with Gasteiger partial charge in [0, 0.05) is 4.88 Å². The van der Waals surface area contributed by atoms with Crippen LogP contribution in [0.2, 0.25) is 0 Å². The molecule has 3 rings (SSSR count). The zero-order valence-electron chi connectivity index (χ0n) is 14.7. The van der Waals surface area contributed by atoms with Gasteiger partial charge in [0.2, 0.25) is 0 Å². The zero-order chi connectivity index (χ0) is 19.1. The number of methoxy groups -OCH3 is 1. The predicted molar refractivity (Wildman–Crippen MR) is 100 cm³/mol. The smallest absolute Gasteiger partial charge is 0.273 e. The molecule has 3 aromatic rings. The van der Waals surface area contributed by atoms with Crippen LogP contribution >= 0.6 is 11.3 Å². The number of hydrogen-bond donors (Lipinski definition) is 2. The van der Waals surface area contributed by atoms with Crippen LogP contribution in [0.5, 0.6) is 11.5 Å². The van der Waals surface area contributed by atoms with Gasteiger partial charge in [0.1, 0.15) is 12.7 Å². The van der Waals surface area contributed by atoms with E-state index in [2.05, 4.69) is 15.6 Å². The first-order valence-electron chi connectivity index (χ1n) is 8.33. The highest BCUT2D eigenvalue weighted by Gasteiger charge is 2.14. The van der Waals surface area contributed by atoms with Crippen molar-refractivity contribution in [3.63, 3.8) is 0 Å². The van der Waals surface area contributed by atoms with E-state index in [0.29, 0.717) is 18.0 Å². The fourth-order valence-electron chi connectivity index (χ4n) is 2.39. The summed E-state index contributed by atoms with van der Waals surface area (Å²) in [5.74, 6) is 0.898. The standard InChI is InChI=1S/C18H20N4O4S/c1-25-15-5-2-3-6-16(15)26-9-8-19-18(24)13-11-22(21-20-13)12-14(23)17-7-4-10-27-17/h2-7,10-11,14,23H,8-9,12H2,1H3,(H,19,24)/t14-/m0/s1. The molecule has 2 N–H and O–H groups in total. The summed E-state index contributed by atoms with van der Waals surface area (Å²) in [5.41, 5.74) is 0.186. The van der Waals surface area contributed by atoms with E-state index in [4.69, 9.17) is 9.47 Å². The van der Waals surface area contributed by atoms with Crippen molar-refractivity contribution in [2.75, 3.05) is 20.3 Å². The van der Waals surface area contributed by atoms with Crippen LogP contribution in [0.1, 0.15) is 21.5 Å². The molecular weight excluding hydrogens is 368 g/mol. The van der Waals surface area contributed by atoms with Crippen LogP contribution in [0.3, 0.4) is 0 Å². The number of nitrogens with zero attached hydrogens (tertiary/aromatic N) is 3. The average molecular weight is 388 g/mol. The quantitative estimate of drug-likeness (QED) is 0.543. The fraction of sp³-hybridized carbons (Fsp3) is 0.278. The maximum Gasteiger partial charge on any atom is 0.273 e. The van der Waals surface area contributed by atoms with Gasteiger partial charge in [0.25, 0.3) is 5.91 Å². The van der Waals surface area contributed by atoms with Crippen molar-refractivity contribution in [2.45, 2.75) is 12.6 Å². The number of aliphatic hydroxyl groups excluding tert-OH is 1. The Morgan fingerprint density at radius 2 is 2.11 bits per heavy atom. The van der Waals surface area contributed by atoms with E-state index in [1.807, 2.05) is 29.6 Å². The van der Waals surface area contributed by atoms with E-state index in [1.165, 1.54) is 22.2 Å². The molecule has 0 radical (unpaired) electrons. The number of nitrogens with one attached hydrogen (secondary N) is 1. The first-order chi connectivity index (χ1) is 13.2. The second-order valence-electron chi connectivity index (χ2n) is 5.61. The van der Waals surface area contributed by atoms with Gasteiger partial charge < -0.3 is 19.9 Å². The number of aromatic nitrogens is 3. The number of rotatable bonds is 9. The van der Waals surface area contributed by atoms with Crippen LogP contribution in [0, 0.1) is 0 Å². The monoisotopic (exact) mass is 388 g/mol. The third kappa shape index (κ3) is 5.05. The summed E-state index contributed by atoms with van der Waals surface area (Å²) < 4.78 is 12.3. The van der Waals surface area contributed by atoms with Gasteiger partial charge in [-0.2, -0.15) is 0 Å². The lowest BCUT2D eigenvalue weighted by atomic mass is 10.3. The first kappa shape index (κ1) is 18.9. The number of carbonyl (C=O) groups is 1. The van der Waals surface area contributed by atoms with Crippen molar-refractivity contribution in [3.05, 3.63) is 58.5 Å².